The van der Waals surface area contributed by atoms with Crippen molar-refractivity contribution in [2.45, 2.75) is 62.8 Å². The van der Waals surface area contributed by atoms with Gasteiger partial charge in [0.2, 0.25) is 5.91 Å². The molecule has 3 rings (SSSR count). The minimum Gasteiger partial charge on any atom is -0.336 e. The fraction of sp³-hybridized carbons (Fsp3) is 0.529. The lowest BCUT2D eigenvalue weighted by Gasteiger charge is -2.14. The largest absolute Gasteiger partial charge is 0.336 e. The summed E-state index contributed by atoms with van der Waals surface area (Å²) in [5.41, 5.74) is 1.35. The highest BCUT2D eigenvalue weighted by Gasteiger charge is 2.23. The quantitative estimate of drug-likeness (QED) is 0.630. The first-order valence-electron chi connectivity index (χ1n) is 8.49. The second-order valence-electron chi connectivity index (χ2n) is 6.45. The maximum Gasteiger partial charge on any atom is 0.321 e. The average molecular weight is 379 g/mol. The summed E-state index contributed by atoms with van der Waals surface area (Å²) in [6.07, 6.45) is 6.12. The van der Waals surface area contributed by atoms with E-state index in [1.165, 1.54) is 35.0 Å². The minimum absolute atomic E-state index is 0.0189. The Balaban J connectivity index is 1.77. The van der Waals surface area contributed by atoms with E-state index in [2.05, 4.69) is 20.6 Å². The topological polar surface area (TPSA) is 84.0 Å². The molecule has 1 aliphatic carbocycles. The van der Waals surface area contributed by atoms with Gasteiger partial charge in [0.25, 0.3) is 0 Å². The number of hydrogen-bond acceptors (Lipinski definition) is 6. The van der Waals surface area contributed by atoms with Gasteiger partial charge in [0.15, 0.2) is 0 Å². The van der Waals surface area contributed by atoms with Crippen molar-refractivity contribution in [2.24, 2.45) is 0 Å². The van der Waals surface area contributed by atoms with Crippen molar-refractivity contribution in [1.29, 1.82) is 0 Å². The highest BCUT2D eigenvalue weighted by Crippen LogP contribution is 2.40. The molecule has 1 atom stereocenters. The zero-order valence-corrected chi connectivity index (χ0v) is 16.2. The van der Waals surface area contributed by atoms with Crippen molar-refractivity contribution in [3.63, 3.8) is 0 Å². The molecular formula is C17H22N4O2S2. The second-order valence-corrected chi connectivity index (χ2v) is 8.86. The van der Waals surface area contributed by atoms with Crippen LogP contribution in [0, 0.1) is 0 Å². The van der Waals surface area contributed by atoms with Gasteiger partial charge < -0.3 is 5.32 Å². The summed E-state index contributed by atoms with van der Waals surface area (Å²) < 4.78 is 0. The van der Waals surface area contributed by atoms with E-state index >= 15 is 0 Å². The number of fused-ring (bicyclic) bond motifs is 3. The molecule has 0 aliphatic heterocycles. The molecule has 0 radical (unpaired) electrons. The predicted molar refractivity (Wildman–Crippen MR) is 101 cm³/mol. The average Bonchev–Trinajstić information content (AvgIpc) is 2.93. The van der Waals surface area contributed by atoms with E-state index in [1.807, 2.05) is 13.8 Å². The van der Waals surface area contributed by atoms with E-state index in [9.17, 15) is 9.59 Å². The van der Waals surface area contributed by atoms with Gasteiger partial charge >= 0.3 is 6.03 Å². The first kappa shape index (κ1) is 18.1. The summed E-state index contributed by atoms with van der Waals surface area (Å²) in [5, 5.41) is 6.54. The lowest BCUT2D eigenvalue weighted by atomic mass is 9.97. The molecule has 25 heavy (non-hydrogen) atoms. The van der Waals surface area contributed by atoms with Crippen LogP contribution < -0.4 is 10.6 Å². The molecule has 134 valence electrons. The van der Waals surface area contributed by atoms with Crippen molar-refractivity contribution < 1.29 is 9.59 Å². The van der Waals surface area contributed by atoms with Crippen LogP contribution in [0.3, 0.4) is 0 Å². The zero-order valence-electron chi connectivity index (χ0n) is 14.6. The minimum atomic E-state index is -0.465. The number of carbonyl (C=O) groups is 2. The Morgan fingerprint density at radius 1 is 1.20 bits per heavy atom. The lowest BCUT2D eigenvalue weighted by molar-refractivity contribution is -0.119. The first-order valence-corrected chi connectivity index (χ1v) is 10.2. The van der Waals surface area contributed by atoms with Crippen LogP contribution in [0.5, 0.6) is 0 Å². The number of thiophene rings is 1. The number of aromatic nitrogens is 2. The third-order valence-electron chi connectivity index (χ3n) is 4.03. The summed E-state index contributed by atoms with van der Waals surface area (Å²) in [6.45, 7) is 5.48. The highest BCUT2D eigenvalue weighted by molar-refractivity contribution is 8.00. The lowest BCUT2D eigenvalue weighted by Crippen LogP contribution is -2.45. The third-order valence-corrected chi connectivity index (χ3v) is 6.33. The predicted octanol–water partition coefficient (Wildman–Crippen LogP) is 3.28. The van der Waals surface area contributed by atoms with Crippen molar-refractivity contribution in [3.8, 4) is 0 Å². The van der Waals surface area contributed by atoms with E-state index in [1.54, 1.807) is 24.6 Å². The molecular weight excluding hydrogens is 356 g/mol. The molecule has 2 aromatic heterocycles. The van der Waals surface area contributed by atoms with Gasteiger partial charge in [0, 0.05) is 16.3 Å². The summed E-state index contributed by atoms with van der Waals surface area (Å²) >= 11 is 3.12. The van der Waals surface area contributed by atoms with E-state index < -0.39 is 11.3 Å². The number of aryl methyl sites for hydroxylation is 2. The van der Waals surface area contributed by atoms with Crippen LogP contribution >= 0.6 is 23.1 Å². The summed E-state index contributed by atoms with van der Waals surface area (Å²) in [5.74, 6) is -0.320. The van der Waals surface area contributed by atoms with Crippen LogP contribution in [-0.4, -0.2) is 33.2 Å². The van der Waals surface area contributed by atoms with Crippen LogP contribution in [0.15, 0.2) is 11.4 Å². The Kier molecular flexibility index (Phi) is 5.58. The Labute approximate surface area is 155 Å². The van der Waals surface area contributed by atoms with Gasteiger partial charge in [0.1, 0.15) is 16.2 Å². The summed E-state index contributed by atoms with van der Waals surface area (Å²) in [4.78, 5) is 35.2. The van der Waals surface area contributed by atoms with Crippen molar-refractivity contribution in [3.05, 3.63) is 16.8 Å². The van der Waals surface area contributed by atoms with Gasteiger partial charge in [0.05, 0.1) is 5.25 Å². The summed E-state index contributed by atoms with van der Waals surface area (Å²) in [6, 6.07) is -0.484. The molecule has 1 aliphatic rings. The molecule has 0 spiro atoms. The maximum absolute atomic E-state index is 12.3. The van der Waals surface area contributed by atoms with Gasteiger partial charge in [-0.2, -0.15) is 0 Å². The molecule has 0 saturated heterocycles. The van der Waals surface area contributed by atoms with Crippen LogP contribution in [0.25, 0.3) is 10.2 Å². The number of amides is 3. The number of rotatable bonds is 4. The fourth-order valence-corrected chi connectivity index (χ4v) is 5.12. The Morgan fingerprint density at radius 3 is 2.72 bits per heavy atom. The maximum atomic E-state index is 12.3. The van der Waals surface area contributed by atoms with Crippen LogP contribution in [0.2, 0.25) is 0 Å². The SMILES string of the molecule is CC(C)NC(=O)NC(=O)[C@H](C)Sc1ncnc2sc3c(c12)CCCC3. The summed E-state index contributed by atoms with van der Waals surface area (Å²) in [7, 11) is 0. The van der Waals surface area contributed by atoms with E-state index in [-0.39, 0.29) is 11.9 Å². The van der Waals surface area contributed by atoms with Gasteiger partial charge in [-0.3, -0.25) is 10.1 Å². The Morgan fingerprint density at radius 2 is 1.96 bits per heavy atom. The fourth-order valence-electron chi connectivity index (χ4n) is 2.88. The molecule has 3 amide bonds. The third kappa shape index (κ3) is 4.12. The standard InChI is InChI=1S/C17H22N4O2S2/c1-9(2)20-17(23)21-14(22)10(3)24-15-13-11-6-4-5-7-12(11)25-16(13)19-8-18-15/h8-10H,4-7H2,1-3H3,(H2,20,21,22,23)/t10-/m0/s1. The number of imide groups is 1. The molecule has 0 bridgehead atoms. The number of carbonyl (C=O) groups excluding carboxylic acids is 2. The van der Waals surface area contributed by atoms with Crippen molar-refractivity contribution in [2.75, 3.05) is 0 Å². The van der Waals surface area contributed by atoms with E-state index in [0.29, 0.717) is 0 Å². The molecule has 2 aromatic rings. The van der Waals surface area contributed by atoms with Gasteiger partial charge in [-0.1, -0.05) is 11.8 Å². The van der Waals surface area contributed by atoms with Crippen LogP contribution in [0.4, 0.5) is 4.79 Å². The Hall–Kier alpha value is -1.67. The number of thioether (sulfide) groups is 1. The molecule has 2 heterocycles. The smallest absolute Gasteiger partial charge is 0.321 e. The van der Waals surface area contributed by atoms with Crippen molar-refractivity contribution in [1.82, 2.24) is 20.6 Å². The zero-order chi connectivity index (χ0) is 18.0. The molecule has 0 unspecified atom stereocenters. The number of urea groups is 1. The van der Waals surface area contributed by atoms with E-state index in [0.717, 1.165) is 28.1 Å². The highest BCUT2D eigenvalue weighted by atomic mass is 32.2. The van der Waals surface area contributed by atoms with Gasteiger partial charge in [-0.15, -0.1) is 11.3 Å². The molecule has 2 N–H and O–H groups in total. The first-order chi connectivity index (χ1) is 12.0. The van der Waals surface area contributed by atoms with Crippen molar-refractivity contribution >= 4 is 45.3 Å². The molecule has 0 fully saturated rings. The monoisotopic (exact) mass is 378 g/mol. The molecule has 0 aromatic carbocycles. The number of hydrogen-bond donors (Lipinski definition) is 2. The Bertz CT molecular complexity index is 803. The number of nitrogens with zero attached hydrogens (tertiary/aromatic N) is 2. The van der Waals surface area contributed by atoms with Gasteiger partial charge in [-0.05, 0) is 52.0 Å². The second kappa shape index (κ2) is 7.70. The molecule has 6 nitrogen and oxygen atoms in total. The number of nitrogens with one attached hydrogen (secondary N) is 2. The van der Waals surface area contributed by atoms with Crippen LogP contribution in [0.1, 0.15) is 44.1 Å². The normalized spacial score (nSPS) is 15.0. The van der Waals surface area contributed by atoms with E-state index in [4.69, 9.17) is 0 Å². The molecule has 8 heteroatoms. The van der Waals surface area contributed by atoms with Crippen LogP contribution in [-0.2, 0) is 17.6 Å². The molecule has 0 saturated carbocycles. The van der Waals surface area contributed by atoms with Gasteiger partial charge in [-0.25, -0.2) is 14.8 Å².